The molecule has 1 atom stereocenters. The highest BCUT2D eigenvalue weighted by molar-refractivity contribution is 5.94. The van der Waals surface area contributed by atoms with E-state index in [0.717, 1.165) is 11.1 Å². The molecule has 9 heteroatoms. The zero-order valence-corrected chi connectivity index (χ0v) is 13.8. The lowest BCUT2D eigenvalue weighted by molar-refractivity contribution is -0.132. The molecule has 0 aliphatic carbocycles. The number of carboxylic acids is 1. The average molecular weight is 366 g/mol. The van der Waals surface area contributed by atoms with Crippen LogP contribution in [0.15, 0.2) is 36.7 Å². The van der Waals surface area contributed by atoms with Crippen LogP contribution in [0.2, 0.25) is 0 Å². The van der Waals surface area contributed by atoms with Crippen LogP contribution in [0, 0.1) is 6.92 Å². The molecule has 1 aliphatic heterocycles. The van der Waals surface area contributed by atoms with Crippen molar-refractivity contribution in [2.75, 3.05) is 16.9 Å². The second-order valence-electron chi connectivity index (χ2n) is 6.01. The summed E-state index contributed by atoms with van der Waals surface area (Å²) in [7, 11) is 0. The number of carboxylic acid groups (broad SMARTS) is 1. The van der Waals surface area contributed by atoms with Crippen LogP contribution < -0.4 is 15.8 Å². The molecular weight excluding hydrogens is 349 g/mol. The summed E-state index contributed by atoms with van der Waals surface area (Å²) in [6.07, 6.45) is -3.06. The third-order valence-electron chi connectivity index (χ3n) is 4.04. The molecule has 0 saturated heterocycles. The van der Waals surface area contributed by atoms with Crippen LogP contribution in [0.5, 0.6) is 0 Å². The van der Waals surface area contributed by atoms with Crippen LogP contribution in [0.3, 0.4) is 0 Å². The van der Waals surface area contributed by atoms with Gasteiger partial charge in [-0.3, -0.25) is 4.98 Å². The number of rotatable bonds is 5. The maximum absolute atomic E-state index is 12.6. The SMILES string of the molecule is Cc1ccc2c(c1)C(Nc1cnccc1C(=O)O)NN2CCC(F)(F)F. The van der Waals surface area contributed by atoms with E-state index in [1.54, 1.807) is 6.07 Å². The van der Waals surface area contributed by atoms with E-state index in [0.29, 0.717) is 5.69 Å². The highest BCUT2D eigenvalue weighted by Gasteiger charge is 2.33. The lowest BCUT2D eigenvalue weighted by Crippen LogP contribution is -2.39. The van der Waals surface area contributed by atoms with Gasteiger partial charge in [0.15, 0.2) is 0 Å². The van der Waals surface area contributed by atoms with Crippen molar-refractivity contribution in [1.82, 2.24) is 10.4 Å². The van der Waals surface area contributed by atoms with Gasteiger partial charge in [-0.05, 0) is 19.1 Å². The number of aromatic carboxylic acids is 1. The van der Waals surface area contributed by atoms with Crippen LogP contribution in [0.25, 0.3) is 0 Å². The Morgan fingerprint density at radius 2 is 2.15 bits per heavy atom. The Balaban J connectivity index is 1.87. The second-order valence-corrected chi connectivity index (χ2v) is 6.01. The summed E-state index contributed by atoms with van der Waals surface area (Å²) < 4.78 is 37.8. The van der Waals surface area contributed by atoms with Gasteiger partial charge in [0.1, 0.15) is 6.17 Å². The van der Waals surface area contributed by atoms with Crippen LogP contribution in [0.4, 0.5) is 24.5 Å². The number of pyridine rings is 1. The molecule has 1 aromatic heterocycles. The summed E-state index contributed by atoms with van der Waals surface area (Å²) in [6, 6.07) is 6.77. The first-order valence-corrected chi connectivity index (χ1v) is 7.89. The summed E-state index contributed by atoms with van der Waals surface area (Å²) in [5.41, 5.74) is 5.60. The minimum absolute atomic E-state index is 0.0322. The molecule has 0 fully saturated rings. The summed E-state index contributed by atoms with van der Waals surface area (Å²) in [5, 5.41) is 13.7. The van der Waals surface area contributed by atoms with Gasteiger partial charge in [0.05, 0.1) is 29.6 Å². The molecule has 0 spiro atoms. The highest BCUT2D eigenvalue weighted by atomic mass is 19.4. The van der Waals surface area contributed by atoms with E-state index in [4.69, 9.17) is 0 Å². The monoisotopic (exact) mass is 366 g/mol. The van der Waals surface area contributed by atoms with Gasteiger partial charge >= 0.3 is 12.1 Å². The Bertz CT molecular complexity index is 826. The Morgan fingerprint density at radius 3 is 2.85 bits per heavy atom. The quantitative estimate of drug-likeness (QED) is 0.752. The van der Waals surface area contributed by atoms with Gasteiger partial charge < -0.3 is 15.4 Å². The number of hydrazine groups is 1. The fourth-order valence-electron chi connectivity index (χ4n) is 2.83. The van der Waals surface area contributed by atoms with Crippen molar-refractivity contribution >= 4 is 17.3 Å². The van der Waals surface area contributed by atoms with Gasteiger partial charge in [0.25, 0.3) is 0 Å². The standard InChI is InChI=1S/C17H17F3N4O2/c1-10-2-3-14-12(8-10)15(23-24(14)7-5-17(18,19)20)22-13-9-21-6-4-11(13)16(25)26/h2-4,6,8-9,15,22-23H,5,7H2,1H3,(H,25,26). The van der Waals surface area contributed by atoms with Crippen molar-refractivity contribution in [1.29, 1.82) is 0 Å². The van der Waals surface area contributed by atoms with Crippen molar-refractivity contribution in [3.8, 4) is 0 Å². The number of hydrogen-bond acceptors (Lipinski definition) is 5. The van der Waals surface area contributed by atoms with Gasteiger partial charge in [-0.1, -0.05) is 17.7 Å². The predicted molar refractivity (Wildman–Crippen MR) is 89.9 cm³/mol. The molecule has 0 bridgehead atoms. The lowest BCUT2D eigenvalue weighted by Gasteiger charge is -2.22. The molecule has 0 radical (unpaired) electrons. The lowest BCUT2D eigenvalue weighted by atomic mass is 10.1. The molecule has 138 valence electrons. The van der Waals surface area contributed by atoms with Gasteiger partial charge in [-0.2, -0.15) is 13.2 Å². The summed E-state index contributed by atoms with van der Waals surface area (Å²) in [6.45, 7) is 1.62. The number of hydrogen-bond donors (Lipinski definition) is 3. The molecule has 6 nitrogen and oxygen atoms in total. The Kier molecular flexibility index (Phi) is 4.73. The topological polar surface area (TPSA) is 77.5 Å². The van der Waals surface area contributed by atoms with E-state index < -0.39 is 24.7 Å². The molecule has 1 unspecified atom stereocenters. The number of nitrogens with one attached hydrogen (secondary N) is 2. The van der Waals surface area contributed by atoms with Crippen molar-refractivity contribution in [2.24, 2.45) is 0 Å². The predicted octanol–water partition coefficient (Wildman–Crippen LogP) is 3.48. The number of carbonyl (C=O) groups is 1. The van der Waals surface area contributed by atoms with Crippen LogP contribution >= 0.6 is 0 Å². The Hall–Kier alpha value is -2.81. The molecule has 26 heavy (non-hydrogen) atoms. The highest BCUT2D eigenvalue weighted by Crippen LogP contribution is 2.35. The van der Waals surface area contributed by atoms with Crippen molar-refractivity contribution in [3.05, 3.63) is 53.3 Å². The first kappa shape index (κ1) is 18.0. The van der Waals surface area contributed by atoms with Crippen molar-refractivity contribution in [2.45, 2.75) is 25.7 Å². The fourth-order valence-corrected chi connectivity index (χ4v) is 2.83. The fraction of sp³-hybridized carbons (Fsp3) is 0.294. The number of aromatic nitrogens is 1. The second kappa shape index (κ2) is 6.83. The normalized spacial score (nSPS) is 16.5. The number of alkyl halides is 3. The molecule has 1 aliphatic rings. The smallest absolute Gasteiger partial charge is 0.390 e. The van der Waals surface area contributed by atoms with E-state index in [-0.39, 0.29) is 17.8 Å². The molecule has 2 heterocycles. The number of benzene rings is 1. The summed E-state index contributed by atoms with van der Waals surface area (Å²) in [5.74, 6) is -1.12. The molecule has 1 aromatic carbocycles. The zero-order chi connectivity index (χ0) is 18.9. The zero-order valence-electron chi connectivity index (χ0n) is 13.8. The minimum atomic E-state index is -4.27. The van der Waals surface area contributed by atoms with Crippen LogP contribution in [-0.2, 0) is 0 Å². The van der Waals surface area contributed by atoms with E-state index in [2.05, 4.69) is 15.7 Å². The van der Waals surface area contributed by atoms with Gasteiger partial charge in [0, 0.05) is 18.3 Å². The minimum Gasteiger partial charge on any atom is -0.478 e. The third-order valence-corrected chi connectivity index (χ3v) is 4.04. The number of anilines is 2. The van der Waals surface area contributed by atoms with Gasteiger partial charge in [-0.15, -0.1) is 0 Å². The molecular formula is C17H17F3N4O2. The van der Waals surface area contributed by atoms with Gasteiger partial charge in [-0.25, -0.2) is 10.2 Å². The number of aryl methyl sites for hydroxylation is 1. The van der Waals surface area contributed by atoms with Crippen LogP contribution in [-0.4, -0.2) is 28.8 Å². The van der Waals surface area contributed by atoms with E-state index in [9.17, 15) is 23.1 Å². The summed E-state index contributed by atoms with van der Waals surface area (Å²) >= 11 is 0. The Labute approximate surface area is 147 Å². The maximum Gasteiger partial charge on any atom is 0.390 e. The number of halogens is 3. The third kappa shape index (κ3) is 3.88. The summed E-state index contributed by atoms with van der Waals surface area (Å²) in [4.78, 5) is 15.3. The van der Waals surface area contributed by atoms with E-state index >= 15 is 0 Å². The van der Waals surface area contributed by atoms with E-state index in [1.807, 2.05) is 19.1 Å². The van der Waals surface area contributed by atoms with E-state index in [1.165, 1.54) is 23.5 Å². The largest absolute Gasteiger partial charge is 0.478 e. The average Bonchev–Trinajstić information content (AvgIpc) is 2.90. The molecule has 0 saturated carbocycles. The van der Waals surface area contributed by atoms with Gasteiger partial charge in [0.2, 0.25) is 0 Å². The first-order valence-electron chi connectivity index (χ1n) is 7.89. The molecule has 0 amide bonds. The maximum atomic E-state index is 12.6. The Morgan fingerprint density at radius 1 is 1.38 bits per heavy atom. The van der Waals surface area contributed by atoms with Crippen LogP contribution in [0.1, 0.15) is 34.1 Å². The first-order chi connectivity index (χ1) is 12.2. The van der Waals surface area contributed by atoms with Crippen molar-refractivity contribution in [3.63, 3.8) is 0 Å². The molecule has 3 rings (SSSR count). The van der Waals surface area contributed by atoms with Crippen molar-refractivity contribution < 1.29 is 23.1 Å². The molecule has 3 N–H and O–H groups in total. The number of nitrogens with zero attached hydrogens (tertiary/aromatic N) is 2. The number of fused-ring (bicyclic) bond motifs is 1. The molecule has 2 aromatic rings.